The number of amides is 1. The second kappa shape index (κ2) is 6.44. The van der Waals surface area contributed by atoms with E-state index in [1.165, 1.54) is 12.8 Å². The molecule has 0 radical (unpaired) electrons. The fraction of sp³-hybridized carbons (Fsp3) is 0.500. The zero-order chi connectivity index (χ0) is 13.0. The molecule has 4 heteroatoms. The molecule has 18 heavy (non-hydrogen) atoms. The van der Waals surface area contributed by atoms with Crippen LogP contribution in [0.5, 0.6) is 0 Å². The number of carbonyl (C=O) groups excluding carboxylic acids is 1. The predicted octanol–water partition coefficient (Wildman–Crippen LogP) is 3.96. The van der Waals surface area contributed by atoms with Gasteiger partial charge in [-0.05, 0) is 37.1 Å². The fourth-order valence-electron chi connectivity index (χ4n) is 2.52. The average Bonchev–Trinajstić information content (AvgIpc) is 2.90. The largest absolute Gasteiger partial charge is 0.334 e. The highest BCUT2D eigenvalue weighted by Gasteiger charge is 2.26. The van der Waals surface area contributed by atoms with E-state index in [1.54, 1.807) is 24.3 Å². The van der Waals surface area contributed by atoms with E-state index in [0.29, 0.717) is 29.1 Å². The molecule has 1 amide bonds. The number of hydrogen-bond acceptors (Lipinski definition) is 1. The van der Waals surface area contributed by atoms with Crippen molar-refractivity contribution in [2.75, 3.05) is 12.4 Å². The van der Waals surface area contributed by atoms with Gasteiger partial charge in [0.25, 0.3) is 5.91 Å². The van der Waals surface area contributed by atoms with E-state index in [9.17, 15) is 4.79 Å². The molecule has 0 N–H and O–H groups in total. The van der Waals surface area contributed by atoms with Crippen molar-refractivity contribution in [1.82, 2.24) is 4.90 Å². The lowest BCUT2D eigenvalue weighted by molar-refractivity contribution is 0.0695. The van der Waals surface area contributed by atoms with Gasteiger partial charge in [0.05, 0.1) is 0 Å². The van der Waals surface area contributed by atoms with Crippen molar-refractivity contribution >= 4 is 29.1 Å². The molecule has 98 valence electrons. The van der Waals surface area contributed by atoms with Crippen LogP contribution < -0.4 is 0 Å². The first kappa shape index (κ1) is 13.7. The summed E-state index contributed by atoms with van der Waals surface area (Å²) in [6.45, 7) is 0.619. The van der Waals surface area contributed by atoms with Crippen molar-refractivity contribution in [2.24, 2.45) is 0 Å². The summed E-state index contributed by atoms with van der Waals surface area (Å²) in [6.07, 6.45) is 4.60. The minimum Gasteiger partial charge on any atom is -0.334 e. The van der Waals surface area contributed by atoms with E-state index in [0.717, 1.165) is 12.8 Å². The Kier molecular flexibility index (Phi) is 4.90. The van der Waals surface area contributed by atoms with E-state index in [1.807, 2.05) is 4.90 Å². The number of carbonyl (C=O) groups is 1. The highest BCUT2D eigenvalue weighted by Crippen LogP contribution is 2.25. The Morgan fingerprint density at radius 3 is 2.39 bits per heavy atom. The number of alkyl halides is 1. The van der Waals surface area contributed by atoms with Gasteiger partial charge in [-0.2, -0.15) is 0 Å². The maximum Gasteiger partial charge on any atom is 0.254 e. The van der Waals surface area contributed by atoms with Gasteiger partial charge in [-0.1, -0.05) is 24.4 Å². The molecule has 1 aliphatic carbocycles. The van der Waals surface area contributed by atoms with Crippen LogP contribution >= 0.6 is 23.2 Å². The van der Waals surface area contributed by atoms with Gasteiger partial charge in [0.15, 0.2) is 0 Å². The van der Waals surface area contributed by atoms with Crippen LogP contribution in [0.4, 0.5) is 0 Å². The molecular formula is C14H17Cl2NO. The first-order chi connectivity index (χ1) is 8.72. The summed E-state index contributed by atoms with van der Waals surface area (Å²) in [6, 6.07) is 7.42. The summed E-state index contributed by atoms with van der Waals surface area (Å²) in [4.78, 5) is 14.4. The monoisotopic (exact) mass is 285 g/mol. The van der Waals surface area contributed by atoms with E-state index >= 15 is 0 Å². The number of hydrogen-bond donors (Lipinski definition) is 0. The standard InChI is InChI=1S/C14H17Cl2NO/c15-9-10-17(13-3-1-2-4-13)14(18)11-5-7-12(16)8-6-11/h5-8,13H,1-4,9-10H2. The highest BCUT2D eigenvalue weighted by atomic mass is 35.5. The number of halogens is 2. The molecule has 1 fully saturated rings. The third kappa shape index (κ3) is 3.18. The van der Waals surface area contributed by atoms with Gasteiger partial charge in [0.2, 0.25) is 0 Å². The molecule has 0 bridgehead atoms. The molecule has 1 aromatic carbocycles. The Bertz CT molecular complexity index is 399. The molecule has 0 saturated heterocycles. The number of nitrogens with zero attached hydrogens (tertiary/aromatic N) is 1. The Morgan fingerprint density at radius 1 is 1.22 bits per heavy atom. The van der Waals surface area contributed by atoms with Crippen LogP contribution in [0, 0.1) is 0 Å². The quantitative estimate of drug-likeness (QED) is 0.767. The van der Waals surface area contributed by atoms with Crippen LogP contribution in [-0.4, -0.2) is 29.3 Å². The van der Waals surface area contributed by atoms with Gasteiger partial charge in [0.1, 0.15) is 0 Å². The minimum absolute atomic E-state index is 0.0687. The molecule has 0 aromatic heterocycles. The zero-order valence-corrected chi connectivity index (χ0v) is 11.8. The number of benzene rings is 1. The summed E-state index contributed by atoms with van der Waals surface area (Å²) in [5.74, 6) is 0.551. The summed E-state index contributed by atoms with van der Waals surface area (Å²) in [5.41, 5.74) is 0.691. The summed E-state index contributed by atoms with van der Waals surface area (Å²) < 4.78 is 0. The van der Waals surface area contributed by atoms with E-state index < -0.39 is 0 Å². The van der Waals surface area contributed by atoms with Gasteiger partial charge < -0.3 is 4.90 Å². The van der Waals surface area contributed by atoms with Gasteiger partial charge in [-0.25, -0.2) is 0 Å². The van der Waals surface area contributed by atoms with Crippen molar-refractivity contribution in [3.8, 4) is 0 Å². The second-order valence-corrected chi connectivity index (χ2v) is 5.45. The maximum atomic E-state index is 12.5. The first-order valence-electron chi connectivity index (χ1n) is 6.35. The Hall–Kier alpha value is -0.730. The minimum atomic E-state index is 0.0687. The molecule has 0 heterocycles. The van der Waals surface area contributed by atoms with Gasteiger partial charge >= 0.3 is 0 Å². The lowest BCUT2D eigenvalue weighted by Gasteiger charge is -2.28. The highest BCUT2D eigenvalue weighted by molar-refractivity contribution is 6.30. The third-order valence-corrected chi connectivity index (χ3v) is 3.86. The van der Waals surface area contributed by atoms with Crippen LogP contribution in [0.3, 0.4) is 0 Å². The van der Waals surface area contributed by atoms with Crippen LogP contribution in [-0.2, 0) is 0 Å². The van der Waals surface area contributed by atoms with Gasteiger partial charge in [-0.15, -0.1) is 11.6 Å². The van der Waals surface area contributed by atoms with E-state index in [-0.39, 0.29) is 5.91 Å². The normalized spacial score (nSPS) is 15.9. The molecule has 2 rings (SSSR count). The molecule has 0 atom stereocenters. The van der Waals surface area contributed by atoms with Crippen LogP contribution in [0.15, 0.2) is 24.3 Å². The molecular weight excluding hydrogens is 269 g/mol. The first-order valence-corrected chi connectivity index (χ1v) is 7.26. The maximum absolute atomic E-state index is 12.5. The zero-order valence-electron chi connectivity index (χ0n) is 10.2. The lowest BCUT2D eigenvalue weighted by Crippen LogP contribution is -2.40. The van der Waals surface area contributed by atoms with E-state index in [4.69, 9.17) is 23.2 Å². The van der Waals surface area contributed by atoms with Crippen LogP contribution in [0.2, 0.25) is 5.02 Å². The van der Waals surface area contributed by atoms with E-state index in [2.05, 4.69) is 0 Å². The molecule has 0 spiro atoms. The van der Waals surface area contributed by atoms with Gasteiger partial charge in [0, 0.05) is 29.1 Å². The lowest BCUT2D eigenvalue weighted by atomic mass is 10.1. The number of rotatable bonds is 4. The SMILES string of the molecule is O=C(c1ccc(Cl)cc1)N(CCCl)C1CCCC1. The average molecular weight is 286 g/mol. The smallest absolute Gasteiger partial charge is 0.254 e. The summed E-state index contributed by atoms with van der Waals surface area (Å²) >= 11 is 11.7. The molecule has 0 unspecified atom stereocenters. The molecule has 1 aromatic rings. The van der Waals surface area contributed by atoms with Crippen LogP contribution in [0.25, 0.3) is 0 Å². The fourth-order valence-corrected chi connectivity index (χ4v) is 2.82. The Labute approximate surface area is 118 Å². The third-order valence-electron chi connectivity index (χ3n) is 3.44. The summed E-state index contributed by atoms with van der Waals surface area (Å²) in [5, 5.41) is 0.649. The van der Waals surface area contributed by atoms with Crippen molar-refractivity contribution in [3.63, 3.8) is 0 Å². The molecule has 0 aliphatic heterocycles. The Morgan fingerprint density at radius 2 is 1.83 bits per heavy atom. The predicted molar refractivity (Wildman–Crippen MR) is 75.5 cm³/mol. The molecule has 2 nitrogen and oxygen atoms in total. The van der Waals surface area contributed by atoms with Crippen molar-refractivity contribution in [3.05, 3.63) is 34.9 Å². The van der Waals surface area contributed by atoms with Crippen molar-refractivity contribution in [2.45, 2.75) is 31.7 Å². The Balaban J connectivity index is 2.14. The van der Waals surface area contributed by atoms with Crippen molar-refractivity contribution in [1.29, 1.82) is 0 Å². The topological polar surface area (TPSA) is 20.3 Å². The molecule has 1 saturated carbocycles. The second-order valence-electron chi connectivity index (χ2n) is 4.63. The molecule has 1 aliphatic rings. The van der Waals surface area contributed by atoms with Crippen molar-refractivity contribution < 1.29 is 4.79 Å². The summed E-state index contributed by atoms with van der Waals surface area (Å²) in [7, 11) is 0. The van der Waals surface area contributed by atoms with Gasteiger partial charge in [-0.3, -0.25) is 4.79 Å². The van der Waals surface area contributed by atoms with Crippen LogP contribution in [0.1, 0.15) is 36.0 Å².